The third-order valence-electron chi connectivity index (χ3n) is 2.59. The Morgan fingerprint density at radius 3 is 2.79 bits per heavy atom. The van der Waals surface area contributed by atoms with Crippen LogP contribution in [0.15, 0.2) is 48.5 Å². The van der Waals surface area contributed by atoms with Crippen molar-refractivity contribution >= 4 is 17.3 Å². The number of benzene rings is 2. The standard InChI is InChI=1S/C16H14ClNO/c1-2-10-19-16-9-4-3-6-13(16)12-18-15-8-5-7-14(17)11-15/h1,3-9,11,18H,10,12H2. The molecule has 0 aliphatic carbocycles. The summed E-state index contributed by atoms with van der Waals surface area (Å²) in [6.07, 6.45) is 5.20. The largest absolute Gasteiger partial charge is 0.481 e. The van der Waals surface area contributed by atoms with Crippen molar-refractivity contribution < 1.29 is 4.74 Å². The molecule has 0 aliphatic heterocycles. The lowest BCUT2D eigenvalue weighted by Gasteiger charge is -2.11. The van der Waals surface area contributed by atoms with E-state index in [1.807, 2.05) is 48.5 Å². The molecule has 2 aromatic rings. The molecule has 0 radical (unpaired) electrons. The lowest BCUT2D eigenvalue weighted by Crippen LogP contribution is -2.03. The minimum Gasteiger partial charge on any atom is -0.481 e. The van der Waals surface area contributed by atoms with Crippen molar-refractivity contribution in [3.8, 4) is 18.1 Å². The van der Waals surface area contributed by atoms with E-state index in [0.29, 0.717) is 11.6 Å². The number of terminal acetylenes is 1. The van der Waals surface area contributed by atoms with Crippen molar-refractivity contribution in [1.82, 2.24) is 0 Å². The first kappa shape index (κ1) is 13.3. The highest BCUT2D eigenvalue weighted by molar-refractivity contribution is 6.30. The third kappa shape index (κ3) is 3.94. The molecule has 0 amide bonds. The van der Waals surface area contributed by atoms with Gasteiger partial charge in [0.25, 0.3) is 0 Å². The van der Waals surface area contributed by atoms with Crippen LogP contribution in [0.4, 0.5) is 5.69 Å². The minimum absolute atomic E-state index is 0.272. The van der Waals surface area contributed by atoms with Gasteiger partial charge < -0.3 is 10.1 Å². The second-order valence-corrected chi connectivity index (χ2v) is 4.40. The fraction of sp³-hybridized carbons (Fsp3) is 0.125. The third-order valence-corrected chi connectivity index (χ3v) is 2.83. The van der Waals surface area contributed by atoms with Gasteiger partial charge in [-0.1, -0.05) is 41.8 Å². The molecule has 2 aromatic carbocycles. The van der Waals surface area contributed by atoms with Gasteiger partial charge in [-0.3, -0.25) is 0 Å². The van der Waals surface area contributed by atoms with E-state index in [2.05, 4.69) is 11.2 Å². The Labute approximate surface area is 118 Å². The Hall–Kier alpha value is -2.11. The number of hydrogen-bond donors (Lipinski definition) is 1. The van der Waals surface area contributed by atoms with Crippen LogP contribution in [0.2, 0.25) is 5.02 Å². The Bertz CT molecular complexity index is 589. The van der Waals surface area contributed by atoms with Crippen LogP contribution in [0, 0.1) is 12.3 Å². The number of ether oxygens (including phenoxy) is 1. The molecule has 2 rings (SSSR count). The number of nitrogens with one attached hydrogen (secondary N) is 1. The molecule has 0 saturated carbocycles. The summed E-state index contributed by atoms with van der Waals surface area (Å²) in [7, 11) is 0. The number of para-hydroxylation sites is 1. The quantitative estimate of drug-likeness (QED) is 0.831. The Morgan fingerprint density at radius 2 is 2.00 bits per heavy atom. The molecule has 0 unspecified atom stereocenters. The molecule has 0 aromatic heterocycles. The SMILES string of the molecule is C#CCOc1ccccc1CNc1cccc(Cl)c1. The average Bonchev–Trinajstić information content (AvgIpc) is 2.44. The van der Waals surface area contributed by atoms with E-state index in [0.717, 1.165) is 17.0 Å². The summed E-state index contributed by atoms with van der Waals surface area (Å²) in [4.78, 5) is 0. The van der Waals surface area contributed by atoms with Crippen molar-refractivity contribution in [2.45, 2.75) is 6.54 Å². The van der Waals surface area contributed by atoms with Crippen LogP contribution in [0.1, 0.15) is 5.56 Å². The number of anilines is 1. The van der Waals surface area contributed by atoms with Gasteiger partial charge in [0, 0.05) is 22.8 Å². The van der Waals surface area contributed by atoms with Crippen LogP contribution < -0.4 is 10.1 Å². The van der Waals surface area contributed by atoms with E-state index in [1.54, 1.807) is 0 Å². The van der Waals surface area contributed by atoms with Crippen LogP contribution in [-0.4, -0.2) is 6.61 Å². The molecular weight excluding hydrogens is 258 g/mol. The second kappa shape index (κ2) is 6.72. The molecule has 0 fully saturated rings. The molecule has 0 bridgehead atoms. The lowest BCUT2D eigenvalue weighted by atomic mass is 10.2. The van der Waals surface area contributed by atoms with Gasteiger partial charge in [0.15, 0.2) is 0 Å². The fourth-order valence-corrected chi connectivity index (χ4v) is 1.90. The topological polar surface area (TPSA) is 21.3 Å². The predicted octanol–water partition coefficient (Wildman–Crippen LogP) is 3.96. The minimum atomic E-state index is 0.272. The summed E-state index contributed by atoms with van der Waals surface area (Å²) >= 11 is 5.94. The van der Waals surface area contributed by atoms with Crippen LogP contribution in [0.5, 0.6) is 5.75 Å². The smallest absolute Gasteiger partial charge is 0.148 e. The number of halogens is 1. The summed E-state index contributed by atoms with van der Waals surface area (Å²) in [5, 5.41) is 4.01. The van der Waals surface area contributed by atoms with E-state index < -0.39 is 0 Å². The van der Waals surface area contributed by atoms with Crippen molar-refractivity contribution in [2.75, 3.05) is 11.9 Å². The van der Waals surface area contributed by atoms with Crippen LogP contribution in [-0.2, 0) is 6.54 Å². The zero-order chi connectivity index (χ0) is 13.5. The van der Waals surface area contributed by atoms with Gasteiger partial charge in [0.2, 0.25) is 0 Å². The molecular formula is C16H14ClNO. The molecule has 96 valence electrons. The van der Waals surface area contributed by atoms with E-state index in [1.165, 1.54) is 0 Å². The van der Waals surface area contributed by atoms with Crippen molar-refractivity contribution in [3.63, 3.8) is 0 Å². The second-order valence-electron chi connectivity index (χ2n) is 3.96. The molecule has 0 atom stereocenters. The van der Waals surface area contributed by atoms with Crippen molar-refractivity contribution in [3.05, 3.63) is 59.1 Å². The summed E-state index contributed by atoms with van der Waals surface area (Å²) in [5.41, 5.74) is 2.02. The van der Waals surface area contributed by atoms with Crippen molar-refractivity contribution in [1.29, 1.82) is 0 Å². The Kier molecular flexibility index (Phi) is 4.72. The van der Waals surface area contributed by atoms with Crippen molar-refractivity contribution in [2.24, 2.45) is 0 Å². The number of hydrogen-bond acceptors (Lipinski definition) is 2. The highest BCUT2D eigenvalue weighted by atomic mass is 35.5. The summed E-state index contributed by atoms with van der Waals surface area (Å²) in [6.45, 7) is 0.926. The zero-order valence-corrected chi connectivity index (χ0v) is 11.2. The molecule has 0 aliphatic rings. The van der Waals surface area contributed by atoms with Gasteiger partial charge >= 0.3 is 0 Å². The molecule has 1 N–H and O–H groups in total. The summed E-state index contributed by atoms with van der Waals surface area (Å²) in [5.74, 6) is 3.27. The van der Waals surface area contributed by atoms with E-state index in [4.69, 9.17) is 22.8 Å². The maximum absolute atomic E-state index is 5.94. The van der Waals surface area contributed by atoms with Gasteiger partial charge in [-0.2, -0.15) is 0 Å². The first-order chi connectivity index (χ1) is 9.29. The van der Waals surface area contributed by atoms with E-state index in [9.17, 15) is 0 Å². The molecule has 3 heteroatoms. The number of rotatable bonds is 5. The Balaban J connectivity index is 2.05. The first-order valence-corrected chi connectivity index (χ1v) is 6.31. The molecule has 2 nitrogen and oxygen atoms in total. The average molecular weight is 272 g/mol. The molecule has 19 heavy (non-hydrogen) atoms. The van der Waals surface area contributed by atoms with Gasteiger partial charge in [-0.25, -0.2) is 0 Å². The summed E-state index contributed by atoms with van der Waals surface area (Å²) < 4.78 is 5.50. The molecule has 0 heterocycles. The highest BCUT2D eigenvalue weighted by Crippen LogP contribution is 2.20. The fourth-order valence-electron chi connectivity index (χ4n) is 1.71. The summed E-state index contributed by atoms with van der Waals surface area (Å²) in [6, 6.07) is 15.4. The van der Waals surface area contributed by atoms with Gasteiger partial charge in [0.1, 0.15) is 12.4 Å². The molecule has 0 spiro atoms. The maximum Gasteiger partial charge on any atom is 0.148 e. The molecule has 0 saturated heterocycles. The van der Waals surface area contributed by atoms with E-state index in [-0.39, 0.29) is 6.61 Å². The maximum atomic E-state index is 5.94. The monoisotopic (exact) mass is 271 g/mol. The first-order valence-electron chi connectivity index (χ1n) is 5.93. The van der Waals surface area contributed by atoms with Crippen LogP contribution in [0.25, 0.3) is 0 Å². The van der Waals surface area contributed by atoms with E-state index >= 15 is 0 Å². The van der Waals surface area contributed by atoms with Crippen LogP contribution >= 0.6 is 11.6 Å². The normalized spacial score (nSPS) is 9.68. The van der Waals surface area contributed by atoms with Gasteiger partial charge in [0.05, 0.1) is 0 Å². The zero-order valence-electron chi connectivity index (χ0n) is 10.4. The Morgan fingerprint density at radius 1 is 1.16 bits per heavy atom. The predicted molar refractivity (Wildman–Crippen MR) is 79.5 cm³/mol. The lowest BCUT2D eigenvalue weighted by molar-refractivity contribution is 0.366. The highest BCUT2D eigenvalue weighted by Gasteiger charge is 2.02. The van der Waals surface area contributed by atoms with Gasteiger partial charge in [-0.15, -0.1) is 6.42 Å². The van der Waals surface area contributed by atoms with Crippen LogP contribution in [0.3, 0.4) is 0 Å². The van der Waals surface area contributed by atoms with Gasteiger partial charge in [-0.05, 0) is 24.3 Å².